The molecule has 0 spiro atoms. The van der Waals surface area contributed by atoms with E-state index in [4.69, 9.17) is 0 Å². The second-order valence-corrected chi connectivity index (χ2v) is 4.90. The minimum Gasteiger partial charge on any atom is -0.467 e. The van der Waals surface area contributed by atoms with Crippen LogP contribution in [0.5, 0.6) is 5.88 Å². The average molecular weight is 341 g/mol. The molecular weight excluding hydrogens is 327 g/mol. The molecule has 0 saturated heterocycles. The van der Waals surface area contributed by atoms with Crippen LogP contribution in [0.3, 0.4) is 0 Å². The molecule has 0 aliphatic heterocycles. The molecule has 24 heavy (non-hydrogen) atoms. The van der Waals surface area contributed by atoms with E-state index in [1.165, 1.54) is 12.3 Å². The fraction of sp³-hybridized carbons (Fsp3) is 0.286. The summed E-state index contributed by atoms with van der Waals surface area (Å²) in [5, 5.41) is 9.65. The first-order valence-electron chi connectivity index (χ1n) is 6.72. The summed E-state index contributed by atoms with van der Waals surface area (Å²) in [5.41, 5.74) is 1.14. The lowest BCUT2D eigenvalue weighted by Crippen LogP contribution is -2.20. The zero-order valence-electron chi connectivity index (χ0n) is 12.8. The molecule has 0 fully saturated rings. The van der Waals surface area contributed by atoms with E-state index >= 15 is 0 Å². The van der Waals surface area contributed by atoms with Gasteiger partial charge in [0.1, 0.15) is 0 Å². The number of anilines is 2. The van der Waals surface area contributed by atoms with E-state index in [1.807, 2.05) is 0 Å². The van der Waals surface area contributed by atoms with Gasteiger partial charge in [-0.3, -0.25) is 9.78 Å². The molecule has 0 aliphatic rings. The first-order chi connectivity index (χ1) is 11.3. The highest BCUT2D eigenvalue weighted by atomic mass is 19.4. The van der Waals surface area contributed by atoms with Crippen molar-refractivity contribution in [2.45, 2.75) is 6.18 Å². The monoisotopic (exact) mass is 341 g/mol. The van der Waals surface area contributed by atoms with E-state index in [-0.39, 0.29) is 11.6 Å². The van der Waals surface area contributed by atoms with Gasteiger partial charge in [-0.2, -0.15) is 13.2 Å². The molecule has 0 atom stereocenters. The van der Waals surface area contributed by atoms with Gasteiger partial charge in [0.15, 0.2) is 12.3 Å². The van der Waals surface area contributed by atoms with Gasteiger partial charge < -0.3 is 15.0 Å². The predicted octanol–water partition coefficient (Wildman–Crippen LogP) is 2.13. The molecule has 1 amide bonds. The van der Waals surface area contributed by atoms with Crippen molar-refractivity contribution in [1.82, 2.24) is 15.2 Å². The highest BCUT2D eigenvalue weighted by molar-refractivity contribution is 6.04. The molecule has 2 aromatic heterocycles. The summed E-state index contributed by atoms with van der Waals surface area (Å²) in [6.07, 6.45) is -1.38. The predicted molar refractivity (Wildman–Crippen MR) is 80.1 cm³/mol. The van der Waals surface area contributed by atoms with Gasteiger partial charge in [-0.1, -0.05) is 0 Å². The lowest BCUT2D eigenvalue weighted by atomic mass is 10.3. The van der Waals surface area contributed by atoms with Gasteiger partial charge >= 0.3 is 6.18 Å². The Labute approximate surface area is 135 Å². The summed E-state index contributed by atoms with van der Waals surface area (Å²) in [4.78, 5) is 17.9. The highest BCUT2D eigenvalue weighted by Crippen LogP contribution is 2.22. The van der Waals surface area contributed by atoms with Crippen LogP contribution in [0.1, 0.15) is 10.5 Å². The Bertz CT molecular complexity index is 704. The highest BCUT2D eigenvalue weighted by Gasteiger charge is 2.28. The number of pyridine rings is 1. The summed E-state index contributed by atoms with van der Waals surface area (Å²) in [5.74, 6) is -0.874. The van der Waals surface area contributed by atoms with E-state index in [0.717, 1.165) is 6.07 Å². The molecule has 0 unspecified atom stereocenters. The fourth-order valence-electron chi connectivity index (χ4n) is 1.71. The fourth-order valence-corrected chi connectivity index (χ4v) is 1.71. The summed E-state index contributed by atoms with van der Waals surface area (Å²) in [7, 11) is 3.58. The molecule has 2 rings (SSSR count). The third-order valence-electron chi connectivity index (χ3n) is 2.79. The number of aromatic nitrogens is 3. The van der Waals surface area contributed by atoms with Crippen LogP contribution >= 0.6 is 0 Å². The zero-order valence-corrected chi connectivity index (χ0v) is 12.8. The Morgan fingerprint density at radius 3 is 2.58 bits per heavy atom. The summed E-state index contributed by atoms with van der Waals surface area (Å²) in [6, 6.07) is 3.99. The molecule has 2 heterocycles. The van der Waals surface area contributed by atoms with Crippen LogP contribution < -0.4 is 15.0 Å². The van der Waals surface area contributed by atoms with Gasteiger partial charge in [-0.25, -0.2) is 0 Å². The number of amides is 1. The maximum Gasteiger partial charge on any atom is 0.422 e. The van der Waals surface area contributed by atoms with Crippen molar-refractivity contribution in [3.05, 3.63) is 36.3 Å². The minimum atomic E-state index is -4.47. The maximum atomic E-state index is 12.1. The number of nitrogens with zero attached hydrogens (tertiary/aromatic N) is 4. The number of rotatable bonds is 5. The first kappa shape index (κ1) is 17.4. The van der Waals surface area contributed by atoms with Crippen molar-refractivity contribution >= 4 is 17.3 Å². The van der Waals surface area contributed by atoms with Gasteiger partial charge in [0, 0.05) is 26.4 Å². The van der Waals surface area contributed by atoms with Gasteiger partial charge in [0.05, 0.1) is 17.6 Å². The third-order valence-corrected chi connectivity index (χ3v) is 2.79. The molecule has 0 aliphatic carbocycles. The largest absolute Gasteiger partial charge is 0.467 e. The number of carbonyl (C=O) groups is 1. The normalized spacial score (nSPS) is 11.0. The van der Waals surface area contributed by atoms with Crippen LogP contribution in [0, 0.1) is 0 Å². The van der Waals surface area contributed by atoms with Crippen molar-refractivity contribution in [1.29, 1.82) is 0 Å². The molecule has 0 bridgehead atoms. The third kappa shape index (κ3) is 4.80. The minimum absolute atomic E-state index is 0.0594. The number of nitrogens with one attached hydrogen (secondary N) is 1. The van der Waals surface area contributed by atoms with E-state index in [1.54, 1.807) is 31.3 Å². The number of alkyl halides is 3. The van der Waals surface area contributed by atoms with Crippen LogP contribution in [0.25, 0.3) is 0 Å². The van der Waals surface area contributed by atoms with Crippen molar-refractivity contribution in [3.8, 4) is 5.88 Å². The van der Waals surface area contributed by atoms with Crippen LogP contribution in [0.15, 0.2) is 30.6 Å². The average Bonchev–Trinajstić information content (AvgIpc) is 2.53. The van der Waals surface area contributed by atoms with E-state index in [9.17, 15) is 18.0 Å². The van der Waals surface area contributed by atoms with E-state index < -0.39 is 18.7 Å². The smallest absolute Gasteiger partial charge is 0.422 e. The Kier molecular flexibility index (Phi) is 5.17. The Morgan fingerprint density at radius 2 is 2.00 bits per heavy atom. The van der Waals surface area contributed by atoms with Gasteiger partial charge in [0.25, 0.3) is 5.91 Å². The van der Waals surface area contributed by atoms with E-state index in [2.05, 4.69) is 25.2 Å². The summed E-state index contributed by atoms with van der Waals surface area (Å²) in [6.45, 7) is -1.48. The SMILES string of the molecule is CN(C)c1cnccc1NC(=O)c1ccc(OCC(F)(F)F)nn1. The van der Waals surface area contributed by atoms with Crippen LogP contribution in [-0.2, 0) is 0 Å². The quantitative estimate of drug-likeness (QED) is 0.897. The zero-order chi connectivity index (χ0) is 17.7. The summed E-state index contributed by atoms with van der Waals surface area (Å²) >= 11 is 0. The molecule has 10 heteroatoms. The first-order valence-corrected chi connectivity index (χ1v) is 6.72. The molecule has 128 valence electrons. The number of ether oxygens (including phenoxy) is 1. The molecule has 1 N–H and O–H groups in total. The lowest BCUT2D eigenvalue weighted by Gasteiger charge is -2.16. The summed E-state index contributed by atoms with van der Waals surface area (Å²) < 4.78 is 40.6. The van der Waals surface area contributed by atoms with Crippen LogP contribution in [0.2, 0.25) is 0 Å². The standard InChI is InChI=1S/C14H14F3N5O2/c1-22(2)11-7-18-6-5-9(11)19-13(23)10-3-4-12(21-20-10)24-8-14(15,16)17/h3-7H,8H2,1-2H3,(H,18,19,23). The van der Waals surface area contributed by atoms with Crippen LogP contribution in [0.4, 0.5) is 24.5 Å². The van der Waals surface area contributed by atoms with E-state index in [0.29, 0.717) is 11.4 Å². The van der Waals surface area contributed by atoms with Gasteiger partial charge in [-0.05, 0) is 12.1 Å². The second-order valence-electron chi connectivity index (χ2n) is 4.90. The maximum absolute atomic E-state index is 12.1. The molecule has 2 aromatic rings. The van der Waals surface area contributed by atoms with Gasteiger partial charge in [-0.15, -0.1) is 10.2 Å². The lowest BCUT2D eigenvalue weighted by molar-refractivity contribution is -0.154. The molecular formula is C14H14F3N5O2. The number of carbonyl (C=O) groups excluding carboxylic acids is 1. The van der Waals surface area contributed by atoms with Crippen molar-refractivity contribution in [3.63, 3.8) is 0 Å². The van der Waals surface area contributed by atoms with Crippen LogP contribution in [-0.4, -0.2) is 48.0 Å². The Hall–Kier alpha value is -2.91. The molecule has 0 aromatic carbocycles. The number of halogens is 3. The number of hydrogen-bond acceptors (Lipinski definition) is 6. The van der Waals surface area contributed by atoms with Crippen molar-refractivity contribution in [2.75, 3.05) is 30.9 Å². The Balaban J connectivity index is 2.06. The van der Waals surface area contributed by atoms with Crippen molar-refractivity contribution < 1.29 is 22.7 Å². The second kappa shape index (κ2) is 7.11. The molecule has 0 saturated carbocycles. The topological polar surface area (TPSA) is 80.2 Å². The number of hydrogen-bond donors (Lipinski definition) is 1. The Morgan fingerprint density at radius 1 is 1.25 bits per heavy atom. The molecule has 0 radical (unpaired) electrons. The van der Waals surface area contributed by atoms with Crippen molar-refractivity contribution in [2.24, 2.45) is 0 Å². The molecule has 7 nitrogen and oxygen atoms in total. The van der Waals surface area contributed by atoms with Gasteiger partial charge in [0.2, 0.25) is 5.88 Å².